The molecule has 0 amide bonds. The number of fused-ring (bicyclic) bond motifs is 7. The van der Waals surface area contributed by atoms with E-state index in [0.29, 0.717) is 5.75 Å². The van der Waals surface area contributed by atoms with Crippen molar-refractivity contribution < 1.29 is 23.9 Å². The van der Waals surface area contributed by atoms with Gasteiger partial charge >= 0.3 is 0 Å². The first-order valence-electron chi connectivity index (χ1n) is 8.02. The van der Waals surface area contributed by atoms with E-state index in [1.807, 2.05) is 36.0 Å². The molecule has 3 aromatic carbocycles. The van der Waals surface area contributed by atoms with E-state index in [1.54, 1.807) is 13.2 Å². The second kappa shape index (κ2) is 4.89. The standard InChI is InChI=1S/C20H15NO4/c1-21-9-15-11(5-7-16(23-2)19(15)22)12-3-4-14-13(18(12)21)6-8-17-20(14)25-10-24-17/h3-9H,10H2,1-2H3/p+1. The SMILES string of the molecule is COc1ccc2c(c[n+](C)c3c4ccc5c(c4ccc23)OCO5)c1O. The lowest BCUT2D eigenvalue weighted by Gasteiger charge is -2.10. The topological polar surface area (TPSA) is 51.8 Å². The van der Waals surface area contributed by atoms with E-state index in [4.69, 9.17) is 14.2 Å². The van der Waals surface area contributed by atoms with Crippen LogP contribution in [-0.2, 0) is 7.05 Å². The largest absolute Gasteiger partial charge is 0.504 e. The zero-order valence-electron chi connectivity index (χ0n) is 13.9. The second-order valence-corrected chi connectivity index (χ2v) is 6.17. The smallest absolute Gasteiger partial charge is 0.231 e. The number of aryl methyl sites for hydroxylation is 1. The molecule has 0 unspecified atom stereocenters. The molecule has 4 aromatic rings. The number of hydrogen-bond acceptors (Lipinski definition) is 4. The Balaban J connectivity index is 1.96. The first-order valence-corrected chi connectivity index (χ1v) is 8.02. The Hall–Kier alpha value is -3.21. The summed E-state index contributed by atoms with van der Waals surface area (Å²) in [7, 11) is 3.53. The van der Waals surface area contributed by atoms with Gasteiger partial charge in [0, 0.05) is 10.8 Å². The predicted octanol–water partition coefficient (Wildman–Crippen LogP) is 3.41. The summed E-state index contributed by atoms with van der Waals surface area (Å²) in [5.41, 5.74) is 1.08. The predicted molar refractivity (Wildman–Crippen MR) is 94.5 cm³/mol. The molecule has 5 rings (SSSR count). The molecule has 0 bridgehead atoms. The van der Waals surface area contributed by atoms with Crippen molar-refractivity contribution in [1.82, 2.24) is 0 Å². The van der Waals surface area contributed by atoms with Gasteiger partial charge in [-0.3, -0.25) is 0 Å². The number of aromatic nitrogens is 1. The number of benzene rings is 3. The Morgan fingerprint density at radius 2 is 1.64 bits per heavy atom. The van der Waals surface area contributed by atoms with Crippen molar-refractivity contribution in [3.8, 4) is 23.0 Å². The molecular weight excluding hydrogens is 318 g/mol. The number of rotatable bonds is 1. The van der Waals surface area contributed by atoms with E-state index in [1.165, 1.54) is 0 Å². The minimum Gasteiger partial charge on any atom is -0.504 e. The molecule has 1 aromatic heterocycles. The molecule has 25 heavy (non-hydrogen) atoms. The van der Waals surface area contributed by atoms with Crippen molar-refractivity contribution in [3.63, 3.8) is 0 Å². The highest BCUT2D eigenvalue weighted by molar-refractivity contribution is 6.15. The zero-order chi connectivity index (χ0) is 17.1. The van der Waals surface area contributed by atoms with E-state index in [0.717, 1.165) is 43.9 Å². The number of hydrogen-bond donors (Lipinski definition) is 1. The number of pyridine rings is 1. The van der Waals surface area contributed by atoms with Gasteiger partial charge in [0.05, 0.1) is 23.3 Å². The number of ether oxygens (including phenoxy) is 3. The van der Waals surface area contributed by atoms with E-state index in [9.17, 15) is 5.11 Å². The van der Waals surface area contributed by atoms with E-state index < -0.39 is 0 Å². The van der Waals surface area contributed by atoms with Crippen LogP contribution in [0.2, 0.25) is 0 Å². The van der Waals surface area contributed by atoms with Crippen molar-refractivity contribution in [2.45, 2.75) is 0 Å². The number of aromatic hydroxyl groups is 1. The van der Waals surface area contributed by atoms with Gasteiger partial charge in [-0.15, -0.1) is 0 Å². The van der Waals surface area contributed by atoms with Crippen molar-refractivity contribution in [2.24, 2.45) is 7.05 Å². The molecular formula is C20H16NO4+. The van der Waals surface area contributed by atoms with Gasteiger partial charge in [-0.2, -0.15) is 4.57 Å². The Labute approximate surface area is 143 Å². The monoisotopic (exact) mass is 334 g/mol. The first-order chi connectivity index (χ1) is 12.2. The fourth-order valence-corrected chi connectivity index (χ4v) is 3.73. The third-order valence-electron chi connectivity index (χ3n) is 4.87. The fraction of sp³-hybridized carbons (Fsp3) is 0.150. The van der Waals surface area contributed by atoms with E-state index in [-0.39, 0.29) is 12.5 Å². The van der Waals surface area contributed by atoms with Crippen LogP contribution in [0, 0.1) is 0 Å². The van der Waals surface area contributed by atoms with Gasteiger partial charge < -0.3 is 19.3 Å². The van der Waals surface area contributed by atoms with Crippen LogP contribution in [0.25, 0.3) is 32.4 Å². The van der Waals surface area contributed by atoms with Gasteiger partial charge in [-0.25, -0.2) is 0 Å². The minimum atomic E-state index is 0.156. The number of phenols is 1. The third-order valence-corrected chi connectivity index (χ3v) is 4.87. The van der Waals surface area contributed by atoms with E-state index in [2.05, 4.69) is 12.1 Å². The summed E-state index contributed by atoms with van der Waals surface area (Å²) >= 11 is 0. The molecule has 0 aliphatic carbocycles. The molecule has 2 heterocycles. The summed E-state index contributed by atoms with van der Waals surface area (Å²) in [4.78, 5) is 0. The minimum absolute atomic E-state index is 0.156. The van der Waals surface area contributed by atoms with Crippen molar-refractivity contribution >= 4 is 32.4 Å². The average molecular weight is 334 g/mol. The summed E-state index contributed by atoms with van der Waals surface area (Å²) in [6.07, 6.45) is 1.93. The van der Waals surface area contributed by atoms with Crippen LogP contribution in [-0.4, -0.2) is 19.0 Å². The lowest BCUT2D eigenvalue weighted by Crippen LogP contribution is -2.28. The highest BCUT2D eigenvalue weighted by atomic mass is 16.7. The van der Waals surface area contributed by atoms with Crippen LogP contribution in [0.1, 0.15) is 0 Å². The third kappa shape index (κ3) is 1.80. The molecule has 5 nitrogen and oxygen atoms in total. The molecule has 0 fully saturated rings. The Kier molecular flexibility index (Phi) is 2.77. The van der Waals surface area contributed by atoms with Gasteiger partial charge in [-0.1, -0.05) is 0 Å². The number of methoxy groups -OCH3 is 1. The summed E-state index contributed by atoms with van der Waals surface area (Å²) < 4.78 is 18.4. The Morgan fingerprint density at radius 3 is 2.48 bits per heavy atom. The molecule has 0 saturated heterocycles. The van der Waals surface area contributed by atoms with Gasteiger partial charge in [0.1, 0.15) is 7.05 Å². The van der Waals surface area contributed by atoms with Gasteiger partial charge in [-0.05, 0) is 36.4 Å². The van der Waals surface area contributed by atoms with Gasteiger partial charge in [0.15, 0.2) is 29.2 Å². The van der Waals surface area contributed by atoms with Crippen LogP contribution in [0.15, 0.2) is 42.6 Å². The van der Waals surface area contributed by atoms with Crippen molar-refractivity contribution in [3.05, 3.63) is 42.6 Å². The first kappa shape index (κ1) is 14.2. The average Bonchev–Trinajstić information content (AvgIpc) is 3.11. The van der Waals surface area contributed by atoms with Gasteiger partial charge in [0.2, 0.25) is 12.3 Å². The fourth-order valence-electron chi connectivity index (χ4n) is 3.73. The normalized spacial score (nSPS) is 13.0. The second-order valence-electron chi connectivity index (χ2n) is 6.17. The molecule has 1 aliphatic rings. The zero-order valence-corrected chi connectivity index (χ0v) is 13.9. The summed E-state index contributed by atoms with van der Waals surface area (Å²) in [5.74, 6) is 2.19. The van der Waals surface area contributed by atoms with Crippen LogP contribution < -0.4 is 18.8 Å². The maximum absolute atomic E-state index is 10.5. The lowest BCUT2D eigenvalue weighted by molar-refractivity contribution is -0.642. The molecule has 0 radical (unpaired) electrons. The maximum Gasteiger partial charge on any atom is 0.231 e. The Bertz CT molecular complexity index is 1180. The summed E-state index contributed by atoms with van der Waals surface area (Å²) in [6, 6.07) is 11.9. The van der Waals surface area contributed by atoms with Crippen molar-refractivity contribution in [1.29, 1.82) is 0 Å². The Morgan fingerprint density at radius 1 is 0.920 bits per heavy atom. The highest BCUT2D eigenvalue weighted by Crippen LogP contribution is 2.42. The molecule has 0 saturated carbocycles. The van der Waals surface area contributed by atoms with Crippen molar-refractivity contribution in [2.75, 3.05) is 13.9 Å². The molecule has 1 aliphatic heterocycles. The lowest BCUT2D eigenvalue weighted by atomic mass is 10.00. The molecule has 1 N–H and O–H groups in total. The van der Waals surface area contributed by atoms with Crippen LogP contribution in [0.3, 0.4) is 0 Å². The van der Waals surface area contributed by atoms with Crippen LogP contribution in [0.5, 0.6) is 23.0 Å². The van der Waals surface area contributed by atoms with Crippen LogP contribution in [0.4, 0.5) is 0 Å². The number of nitrogens with zero attached hydrogens (tertiary/aromatic N) is 1. The van der Waals surface area contributed by atoms with Crippen LogP contribution >= 0.6 is 0 Å². The number of phenolic OH excluding ortho intramolecular Hbond substituents is 1. The molecule has 0 atom stereocenters. The summed E-state index contributed by atoms with van der Waals surface area (Å²) in [6.45, 7) is 0.254. The summed E-state index contributed by atoms with van der Waals surface area (Å²) in [5, 5.41) is 15.4. The quantitative estimate of drug-likeness (QED) is 0.428. The van der Waals surface area contributed by atoms with E-state index >= 15 is 0 Å². The maximum atomic E-state index is 10.5. The molecule has 5 heteroatoms. The molecule has 0 spiro atoms. The molecule has 124 valence electrons. The highest BCUT2D eigenvalue weighted by Gasteiger charge is 2.22. The van der Waals surface area contributed by atoms with Gasteiger partial charge in [0.25, 0.3) is 0 Å².